The Labute approximate surface area is 151 Å². The normalized spacial score (nSPS) is 24.2. The highest BCUT2D eigenvalue weighted by molar-refractivity contribution is 5.78. The molecule has 1 aliphatic carbocycles. The minimum atomic E-state index is 0.192. The number of nitrogens with zero attached hydrogens (tertiary/aromatic N) is 3. The molecule has 138 valence electrons. The fourth-order valence-corrected chi connectivity index (χ4v) is 4.05. The number of likely N-dealkylation sites (N-methyl/N-ethyl adjacent to an activating group) is 2. The molecule has 0 spiro atoms. The summed E-state index contributed by atoms with van der Waals surface area (Å²) in [6.07, 6.45) is 3.54. The minimum Gasteiger partial charge on any atom is -0.374 e. The quantitative estimate of drug-likeness (QED) is 0.815. The molecule has 0 radical (unpaired) electrons. The van der Waals surface area contributed by atoms with E-state index in [-0.39, 0.29) is 18.1 Å². The number of hydrogen-bond donors (Lipinski definition) is 0. The maximum Gasteiger partial charge on any atom is 0.237 e. The SMILES string of the molecule is CN(C)C[C@H]1CN(CC(=O)N(C)[C@@H]2CCCc3ccccc32)CCO1. The van der Waals surface area contributed by atoms with Gasteiger partial charge in [0.25, 0.3) is 0 Å². The Kier molecular flexibility index (Phi) is 6.10. The Morgan fingerprint density at radius 2 is 2.08 bits per heavy atom. The number of rotatable bonds is 5. The minimum absolute atomic E-state index is 0.192. The van der Waals surface area contributed by atoms with E-state index in [4.69, 9.17) is 4.74 Å². The summed E-state index contributed by atoms with van der Waals surface area (Å²) < 4.78 is 5.82. The molecule has 1 fully saturated rings. The molecule has 3 rings (SSSR count). The summed E-state index contributed by atoms with van der Waals surface area (Å²) in [5.41, 5.74) is 2.73. The van der Waals surface area contributed by atoms with Crippen molar-refractivity contribution in [3.05, 3.63) is 35.4 Å². The number of ether oxygens (including phenoxy) is 1. The maximum absolute atomic E-state index is 12.9. The van der Waals surface area contributed by atoms with Gasteiger partial charge in [-0.25, -0.2) is 0 Å². The van der Waals surface area contributed by atoms with Crippen molar-refractivity contribution in [1.82, 2.24) is 14.7 Å². The Bertz CT molecular complexity index is 590. The first-order valence-electron chi connectivity index (χ1n) is 9.36. The Morgan fingerprint density at radius 1 is 1.28 bits per heavy atom. The molecule has 2 atom stereocenters. The summed E-state index contributed by atoms with van der Waals surface area (Å²) in [6.45, 7) is 3.77. The van der Waals surface area contributed by atoms with E-state index in [0.717, 1.165) is 38.9 Å². The lowest BCUT2D eigenvalue weighted by atomic mass is 9.87. The smallest absolute Gasteiger partial charge is 0.237 e. The molecule has 2 aliphatic rings. The van der Waals surface area contributed by atoms with E-state index in [1.165, 1.54) is 11.1 Å². The number of fused-ring (bicyclic) bond motifs is 1. The molecule has 0 N–H and O–H groups in total. The van der Waals surface area contributed by atoms with Crippen LogP contribution in [0.2, 0.25) is 0 Å². The first-order valence-corrected chi connectivity index (χ1v) is 9.36. The number of carbonyl (C=O) groups excluding carboxylic acids is 1. The van der Waals surface area contributed by atoms with Crippen LogP contribution < -0.4 is 0 Å². The molecule has 1 saturated heterocycles. The highest BCUT2D eigenvalue weighted by Crippen LogP contribution is 2.33. The van der Waals surface area contributed by atoms with Gasteiger partial charge in [-0.2, -0.15) is 0 Å². The van der Waals surface area contributed by atoms with Crippen molar-refractivity contribution in [3.8, 4) is 0 Å². The molecule has 1 aliphatic heterocycles. The lowest BCUT2D eigenvalue weighted by Gasteiger charge is -2.37. The van der Waals surface area contributed by atoms with Crippen LogP contribution in [0.1, 0.15) is 30.0 Å². The molecule has 0 unspecified atom stereocenters. The van der Waals surface area contributed by atoms with E-state index in [9.17, 15) is 4.79 Å². The topological polar surface area (TPSA) is 36.0 Å². The lowest BCUT2D eigenvalue weighted by Crippen LogP contribution is -2.50. The Morgan fingerprint density at radius 3 is 2.88 bits per heavy atom. The third-order valence-corrected chi connectivity index (χ3v) is 5.35. The highest BCUT2D eigenvalue weighted by Gasteiger charge is 2.29. The number of hydrogen-bond acceptors (Lipinski definition) is 4. The van der Waals surface area contributed by atoms with Gasteiger partial charge in [-0.05, 0) is 44.5 Å². The Hall–Kier alpha value is -1.43. The first kappa shape index (κ1) is 18.4. The van der Waals surface area contributed by atoms with Crippen LogP contribution in [0.3, 0.4) is 0 Å². The van der Waals surface area contributed by atoms with E-state index in [1.807, 2.05) is 11.9 Å². The van der Waals surface area contributed by atoms with Crippen molar-refractivity contribution in [2.24, 2.45) is 0 Å². The number of morpholine rings is 1. The maximum atomic E-state index is 12.9. The third kappa shape index (κ3) is 4.60. The molecule has 25 heavy (non-hydrogen) atoms. The van der Waals surface area contributed by atoms with Crippen LogP contribution in [0.25, 0.3) is 0 Å². The predicted molar refractivity (Wildman–Crippen MR) is 99.6 cm³/mol. The van der Waals surface area contributed by atoms with E-state index in [1.54, 1.807) is 0 Å². The average molecular weight is 345 g/mol. The molecular weight excluding hydrogens is 314 g/mol. The van der Waals surface area contributed by atoms with Gasteiger partial charge < -0.3 is 14.5 Å². The van der Waals surface area contributed by atoms with Crippen LogP contribution in [0.15, 0.2) is 24.3 Å². The zero-order valence-corrected chi connectivity index (χ0v) is 15.8. The van der Waals surface area contributed by atoms with Crippen LogP contribution in [-0.4, -0.2) is 80.6 Å². The summed E-state index contributed by atoms with van der Waals surface area (Å²) in [5, 5.41) is 0. The van der Waals surface area contributed by atoms with Gasteiger partial charge in [0.2, 0.25) is 5.91 Å². The molecule has 5 nitrogen and oxygen atoms in total. The van der Waals surface area contributed by atoms with Gasteiger partial charge in [0.15, 0.2) is 0 Å². The second-order valence-corrected chi connectivity index (χ2v) is 7.60. The van der Waals surface area contributed by atoms with Gasteiger partial charge in [-0.15, -0.1) is 0 Å². The second kappa shape index (κ2) is 8.30. The van der Waals surface area contributed by atoms with Crippen LogP contribution in [-0.2, 0) is 16.0 Å². The number of carbonyl (C=O) groups is 1. The number of amides is 1. The van der Waals surface area contributed by atoms with E-state index >= 15 is 0 Å². The van der Waals surface area contributed by atoms with E-state index < -0.39 is 0 Å². The fraction of sp³-hybridized carbons (Fsp3) is 0.650. The summed E-state index contributed by atoms with van der Waals surface area (Å²) >= 11 is 0. The largest absolute Gasteiger partial charge is 0.374 e. The lowest BCUT2D eigenvalue weighted by molar-refractivity contribution is -0.135. The van der Waals surface area contributed by atoms with Gasteiger partial charge in [-0.1, -0.05) is 24.3 Å². The van der Waals surface area contributed by atoms with Crippen LogP contribution >= 0.6 is 0 Å². The first-order chi connectivity index (χ1) is 12.0. The molecule has 5 heteroatoms. The fourth-order valence-electron chi connectivity index (χ4n) is 4.05. The summed E-state index contributed by atoms with van der Waals surface area (Å²) in [4.78, 5) is 19.2. The van der Waals surface area contributed by atoms with Crippen LogP contribution in [0.5, 0.6) is 0 Å². The third-order valence-electron chi connectivity index (χ3n) is 5.35. The zero-order valence-electron chi connectivity index (χ0n) is 15.8. The monoisotopic (exact) mass is 345 g/mol. The van der Waals surface area contributed by atoms with Gasteiger partial charge in [0.1, 0.15) is 0 Å². The molecule has 1 heterocycles. The van der Waals surface area contributed by atoms with Crippen molar-refractivity contribution in [2.75, 3.05) is 53.9 Å². The van der Waals surface area contributed by atoms with Crippen molar-refractivity contribution >= 4 is 5.91 Å². The van der Waals surface area contributed by atoms with E-state index in [2.05, 4.69) is 48.2 Å². The number of aryl methyl sites for hydroxylation is 1. The molecular formula is C20H31N3O2. The molecule has 0 bridgehead atoms. The van der Waals surface area contributed by atoms with Crippen LogP contribution in [0, 0.1) is 0 Å². The average Bonchev–Trinajstić information content (AvgIpc) is 2.60. The van der Waals surface area contributed by atoms with Crippen molar-refractivity contribution in [1.29, 1.82) is 0 Å². The van der Waals surface area contributed by atoms with Crippen molar-refractivity contribution < 1.29 is 9.53 Å². The van der Waals surface area contributed by atoms with Gasteiger partial charge >= 0.3 is 0 Å². The molecule has 0 aromatic heterocycles. The molecule has 1 aromatic rings. The van der Waals surface area contributed by atoms with Crippen molar-refractivity contribution in [2.45, 2.75) is 31.4 Å². The predicted octanol–water partition coefficient (Wildman–Crippen LogP) is 1.78. The standard InChI is InChI=1S/C20H31N3O2/c1-21(2)13-17-14-23(11-12-25-17)15-20(24)22(3)19-10-6-8-16-7-4-5-9-18(16)19/h4-5,7,9,17,19H,6,8,10-15H2,1-3H3/t17-,19+/m0/s1. The van der Waals surface area contributed by atoms with E-state index in [0.29, 0.717) is 13.2 Å². The summed E-state index contributed by atoms with van der Waals surface area (Å²) in [6, 6.07) is 8.79. The summed E-state index contributed by atoms with van der Waals surface area (Å²) in [5.74, 6) is 0.215. The summed E-state index contributed by atoms with van der Waals surface area (Å²) in [7, 11) is 6.08. The molecule has 1 amide bonds. The second-order valence-electron chi connectivity index (χ2n) is 7.60. The highest BCUT2D eigenvalue weighted by atomic mass is 16.5. The molecule has 1 aromatic carbocycles. The van der Waals surface area contributed by atoms with Gasteiger partial charge in [-0.3, -0.25) is 9.69 Å². The van der Waals surface area contributed by atoms with Crippen LogP contribution in [0.4, 0.5) is 0 Å². The van der Waals surface area contributed by atoms with Gasteiger partial charge in [0.05, 0.1) is 25.3 Å². The molecule has 0 saturated carbocycles. The Balaban J connectivity index is 1.60. The number of benzene rings is 1. The van der Waals surface area contributed by atoms with Crippen molar-refractivity contribution in [3.63, 3.8) is 0 Å². The zero-order chi connectivity index (χ0) is 17.8. The van der Waals surface area contributed by atoms with Gasteiger partial charge in [0, 0.05) is 26.7 Å².